The van der Waals surface area contributed by atoms with Crippen molar-refractivity contribution >= 4 is 17.7 Å². The van der Waals surface area contributed by atoms with Crippen LogP contribution in [0.1, 0.15) is 99.3 Å². The molecule has 0 saturated heterocycles. The number of Topliss-reactive ketones (excluding diaryl/α,β-unsaturated/α-hetero) is 1. The Morgan fingerprint density at radius 3 is 2.33 bits per heavy atom. The highest BCUT2D eigenvalue weighted by Gasteiger charge is 2.83. The van der Waals surface area contributed by atoms with Gasteiger partial charge in [-0.3, -0.25) is 14.4 Å². The number of aliphatic hydroxyl groups excluding tert-OH is 2. The van der Waals surface area contributed by atoms with E-state index in [2.05, 4.69) is 6.92 Å². The van der Waals surface area contributed by atoms with Gasteiger partial charge >= 0.3 is 11.9 Å². The second kappa shape index (κ2) is 11.0. The van der Waals surface area contributed by atoms with E-state index in [-0.39, 0.29) is 36.3 Å². The smallest absolute Gasteiger partial charge is 0.306 e. The van der Waals surface area contributed by atoms with Crippen molar-refractivity contribution in [2.24, 2.45) is 28.6 Å². The van der Waals surface area contributed by atoms with E-state index in [1.165, 1.54) is 0 Å². The number of aliphatic hydroxyl groups is 3. The number of allylic oxidation sites excluding steroid dienone is 1. The van der Waals surface area contributed by atoms with Crippen molar-refractivity contribution in [3.05, 3.63) is 23.3 Å². The first-order chi connectivity index (χ1) is 18.8. The van der Waals surface area contributed by atoms with Crippen molar-refractivity contribution in [1.29, 1.82) is 0 Å². The van der Waals surface area contributed by atoms with Crippen LogP contribution in [0, 0.1) is 28.6 Å². The summed E-state index contributed by atoms with van der Waals surface area (Å²) in [6.45, 7) is 11.2. The highest BCUT2D eigenvalue weighted by atomic mass is 16.6. The summed E-state index contributed by atoms with van der Waals surface area (Å²) in [5.74, 6) is -2.80. The predicted octanol–water partition coefficient (Wildman–Crippen LogP) is 4.19. The zero-order valence-electron chi connectivity index (χ0n) is 25.0. The van der Waals surface area contributed by atoms with Crippen molar-refractivity contribution in [2.75, 3.05) is 6.61 Å². The molecule has 0 heterocycles. The molecule has 2 bridgehead atoms. The second-order valence-electron chi connectivity index (χ2n) is 13.3. The van der Waals surface area contributed by atoms with Crippen LogP contribution < -0.4 is 0 Å². The van der Waals surface area contributed by atoms with Crippen LogP contribution in [-0.4, -0.2) is 63.1 Å². The first-order valence-electron chi connectivity index (χ1n) is 15.2. The standard InChI is InChI=1S/C32H48O8/c1-7-9-10-11-12-14-24(34)40-31-17-20(4)30-16-19(3)26(35)32(30,38)27(36)21(18-39-23(33)13-8-2)15-22(28(30)37)25(31)29(31,5)6/h15-16,20,22,25-27,35-36,38H,7-14,17-18H2,1-6H3/t20-,22?,25+,26?,27?,30?,31+,32?/m1/s1. The average Bonchev–Trinajstić information content (AvgIpc) is 3.30. The van der Waals surface area contributed by atoms with Gasteiger partial charge in [-0.05, 0) is 43.3 Å². The normalized spacial score (nSPS) is 39.2. The lowest BCUT2D eigenvalue weighted by Crippen LogP contribution is -2.65. The summed E-state index contributed by atoms with van der Waals surface area (Å²) >= 11 is 0. The summed E-state index contributed by atoms with van der Waals surface area (Å²) in [6, 6.07) is 0. The number of fused-ring (bicyclic) bond motifs is 3. The second-order valence-corrected chi connectivity index (χ2v) is 13.3. The zero-order valence-corrected chi connectivity index (χ0v) is 25.0. The first-order valence-corrected chi connectivity index (χ1v) is 15.2. The Morgan fingerprint density at radius 1 is 1.00 bits per heavy atom. The van der Waals surface area contributed by atoms with Gasteiger partial charge in [0.1, 0.15) is 30.0 Å². The Hall–Kier alpha value is -2.03. The monoisotopic (exact) mass is 560 g/mol. The molecule has 224 valence electrons. The molecule has 3 N–H and O–H groups in total. The van der Waals surface area contributed by atoms with Gasteiger partial charge < -0.3 is 24.8 Å². The Kier molecular flexibility index (Phi) is 8.50. The highest BCUT2D eigenvalue weighted by Crippen LogP contribution is 2.75. The van der Waals surface area contributed by atoms with Crippen LogP contribution in [0.4, 0.5) is 0 Å². The van der Waals surface area contributed by atoms with Crippen LogP contribution >= 0.6 is 0 Å². The fourth-order valence-corrected chi connectivity index (χ4v) is 8.28. The number of ether oxygens (including phenoxy) is 2. The number of rotatable bonds is 11. The number of hydrogen-bond acceptors (Lipinski definition) is 8. The van der Waals surface area contributed by atoms with Crippen molar-refractivity contribution in [1.82, 2.24) is 0 Å². The molecular formula is C32H48O8. The van der Waals surface area contributed by atoms with E-state index < -0.39 is 52.0 Å². The molecule has 0 aromatic carbocycles. The van der Waals surface area contributed by atoms with Gasteiger partial charge in [-0.2, -0.15) is 0 Å². The van der Waals surface area contributed by atoms with E-state index >= 15 is 0 Å². The molecule has 0 radical (unpaired) electrons. The Morgan fingerprint density at radius 2 is 1.68 bits per heavy atom. The Bertz CT molecular complexity index is 1090. The molecule has 0 aromatic rings. The summed E-state index contributed by atoms with van der Waals surface area (Å²) in [5, 5.41) is 35.1. The molecular weight excluding hydrogens is 512 g/mol. The number of hydrogen-bond donors (Lipinski definition) is 3. The SMILES string of the molecule is CCCCCCCC(=O)O[C@@]12C[C@@H](C)C34C=C(C)C(O)C3(O)C(O)C(COC(=O)CCC)=CC(C4=O)[C@H]1C2(C)C. The lowest BCUT2D eigenvalue weighted by atomic mass is 9.59. The van der Waals surface area contributed by atoms with Crippen molar-refractivity contribution in [3.63, 3.8) is 0 Å². The van der Waals surface area contributed by atoms with Gasteiger partial charge in [0, 0.05) is 30.1 Å². The van der Waals surface area contributed by atoms with Gasteiger partial charge in [-0.1, -0.05) is 72.5 Å². The van der Waals surface area contributed by atoms with E-state index in [4.69, 9.17) is 9.47 Å². The van der Waals surface area contributed by atoms with Crippen LogP contribution in [-0.2, 0) is 23.9 Å². The largest absolute Gasteiger partial charge is 0.461 e. The summed E-state index contributed by atoms with van der Waals surface area (Å²) in [6.07, 6.45) is 6.56. The Labute approximate surface area is 238 Å². The molecule has 2 saturated carbocycles. The number of unbranched alkanes of at least 4 members (excludes halogenated alkanes) is 4. The van der Waals surface area contributed by atoms with Gasteiger partial charge in [-0.25, -0.2) is 0 Å². The molecule has 40 heavy (non-hydrogen) atoms. The predicted molar refractivity (Wildman–Crippen MR) is 149 cm³/mol. The van der Waals surface area contributed by atoms with E-state index in [0.29, 0.717) is 24.8 Å². The molecule has 0 aliphatic heterocycles. The molecule has 2 fully saturated rings. The van der Waals surface area contributed by atoms with Crippen LogP contribution in [0.25, 0.3) is 0 Å². The van der Waals surface area contributed by atoms with Gasteiger partial charge in [0.25, 0.3) is 0 Å². The molecule has 4 rings (SSSR count). The van der Waals surface area contributed by atoms with Crippen molar-refractivity contribution < 1.29 is 39.2 Å². The Balaban J connectivity index is 1.74. The van der Waals surface area contributed by atoms with Crippen LogP contribution in [0.3, 0.4) is 0 Å². The number of carbonyl (C=O) groups excluding carboxylic acids is 3. The maximum absolute atomic E-state index is 14.6. The van der Waals surface area contributed by atoms with E-state index in [0.717, 1.165) is 32.1 Å². The molecule has 0 aromatic heterocycles. The fourth-order valence-electron chi connectivity index (χ4n) is 8.28. The average molecular weight is 561 g/mol. The molecule has 4 aliphatic carbocycles. The summed E-state index contributed by atoms with van der Waals surface area (Å²) in [5.41, 5.74) is -4.74. The van der Waals surface area contributed by atoms with Crippen molar-refractivity contribution in [2.45, 2.75) is 123 Å². The molecule has 0 amide bonds. The lowest BCUT2D eigenvalue weighted by molar-refractivity contribution is -0.192. The van der Waals surface area contributed by atoms with E-state index in [1.54, 1.807) is 19.1 Å². The van der Waals surface area contributed by atoms with Crippen LogP contribution in [0.15, 0.2) is 23.3 Å². The van der Waals surface area contributed by atoms with Crippen LogP contribution in [0.5, 0.6) is 0 Å². The first kappa shape index (κ1) is 30.9. The van der Waals surface area contributed by atoms with Gasteiger partial charge in [0.2, 0.25) is 0 Å². The third-order valence-electron chi connectivity index (χ3n) is 10.5. The summed E-state index contributed by atoms with van der Waals surface area (Å²) < 4.78 is 11.7. The number of ketones is 1. The highest BCUT2D eigenvalue weighted by molar-refractivity contribution is 5.96. The molecule has 4 aliphatic rings. The summed E-state index contributed by atoms with van der Waals surface area (Å²) in [4.78, 5) is 40.0. The van der Waals surface area contributed by atoms with Gasteiger partial charge in [-0.15, -0.1) is 0 Å². The quantitative estimate of drug-likeness (QED) is 0.195. The molecule has 8 heteroatoms. The molecule has 5 unspecified atom stereocenters. The minimum atomic E-state index is -2.25. The fraction of sp³-hybridized carbons (Fsp3) is 0.781. The maximum atomic E-state index is 14.6. The third kappa shape index (κ3) is 4.40. The summed E-state index contributed by atoms with van der Waals surface area (Å²) in [7, 11) is 0. The van der Waals surface area contributed by atoms with Gasteiger partial charge in [0.05, 0.1) is 5.41 Å². The zero-order chi connectivity index (χ0) is 29.7. The maximum Gasteiger partial charge on any atom is 0.306 e. The number of carbonyl (C=O) groups is 3. The molecule has 8 atom stereocenters. The lowest BCUT2D eigenvalue weighted by Gasteiger charge is -2.48. The minimum absolute atomic E-state index is 0.183. The molecule has 8 nitrogen and oxygen atoms in total. The van der Waals surface area contributed by atoms with Crippen LogP contribution in [0.2, 0.25) is 0 Å². The van der Waals surface area contributed by atoms with Gasteiger partial charge in [0.15, 0.2) is 5.78 Å². The third-order valence-corrected chi connectivity index (χ3v) is 10.5. The van der Waals surface area contributed by atoms with E-state index in [9.17, 15) is 29.7 Å². The topological polar surface area (TPSA) is 130 Å². The minimum Gasteiger partial charge on any atom is -0.461 e. The van der Waals surface area contributed by atoms with E-state index in [1.807, 2.05) is 27.7 Å². The van der Waals surface area contributed by atoms with Crippen molar-refractivity contribution in [3.8, 4) is 0 Å². The number of esters is 2. The molecule has 1 spiro atoms.